The molecule has 0 atom stereocenters. The molecule has 1 aromatic carbocycles. The number of hydrogen-bond donors (Lipinski definition) is 0. The fraction of sp³-hybridized carbons (Fsp3) is 0.143. The van der Waals surface area contributed by atoms with E-state index in [0.717, 1.165) is 26.6 Å². The zero-order valence-corrected chi connectivity index (χ0v) is 13.0. The van der Waals surface area contributed by atoms with Crippen LogP contribution in [0.4, 0.5) is 5.82 Å². The molecule has 0 spiro atoms. The summed E-state index contributed by atoms with van der Waals surface area (Å²) >= 11 is 13.7. The lowest BCUT2D eigenvalue weighted by Crippen LogP contribution is -2.18. The van der Waals surface area contributed by atoms with Gasteiger partial charge in [0.25, 0.3) is 0 Å². The standard InChI is InChI=1S/C14H11Cl2N3S/c1-19(8-9-4-2-3-5-11(9)15)12-10-6-7-20-13(10)18-14(16)17-12/h2-7H,8H2,1H3. The Hall–Kier alpha value is -1.36. The zero-order valence-electron chi connectivity index (χ0n) is 10.7. The van der Waals surface area contributed by atoms with Gasteiger partial charge in [0.2, 0.25) is 5.28 Å². The van der Waals surface area contributed by atoms with Crippen LogP contribution in [-0.4, -0.2) is 17.0 Å². The Kier molecular flexibility index (Phi) is 3.78. The molecule has 0 radical (unpaired) electrons. The molecule has 20 heavy (non-hydrogen) atoms. The Labute approximate surface area is 130 Å². The summed E-state index contributed by atoms with van der Waals surface area (Å²) in [6.45, 7) is 0.665. The molecule has 3 nitrogen and oxygen atoms in total. The maximum atomic E-state index is 6.20. The summed E-state index contributed by atoms with van der Waals surface area (Å²) in [5, 5.41) is 4.01. The van der Waals surface area contributed by atoms with Gasteiger partial charge in [0.1, 0.15) is 10.6 Å². The molecule has 2 aromatic heterocycles. The van der Waals surface area contributed by atoms with E-state index in [1.807, 2.05) is 47.7 Å². The van der Waals surface area contributed by atoms with Crippen LogP contribution in [-0.2, 0) is 6.54 Å². The summed E-state index contributed by atoms with van der Waals surface area (Å²) in [6.07, 6.45) is 0. The van der Waals surface area contributed by atoms with Crippen molar-refractivity contribution in [1.29, 1.82) is 0 Å². The SMILES string of the molecule is CN(Cc1ccccc1Cl)c1nc(Cl)nc2sccc12. The van der Waals surface area contributed by atoms with Gasteiger partial charge in [-0.3, -0.25) is 0 Å². The van der Waals surface area contributed by atoms with Gasteiger partial charge in [-0.15, -0.1) is 11.3 Å². The number of halogens is 2. The molecule has 102 valence electrons. The smallest absolute Gasteiger partial charge is 0.225 e. The van der Waals surface area contributed by atoms with Crippen LogP contribution in [0.25, 0.3) is 10.2 Å². The molecular weight excluding hydrogens is 313 g/mol. The molecular formula is C14H11Cl2N3S. The highest BCUT2D eigenvalue weighted by atomic mass is 35.5. The van der Waals surface area contributed by atoms with Gasteiger partial charge < -0.3 is 4.90 Å². The Morgan fingerprint density at radius 1 is 1.15 bits per heavy atom. The molecule has 0 amide bonds. The van der Waals surface area contributed by atoms with Crippen LogP contribution in [0.1, 0.15) is 5.56 Å². The molecule has 0 unspecified atom stereocenters. The molecule has 3 rings (SSSR count). The van der Waals surface area contributed by atoms with Crippen molar-refractivity contribution < 1.29 is 0 Å². The summed E-state index contributed by atoms with van der Waals surface area (Å²) in [6, 6.07) is 9.80. The molecule has 0 aliphatic heterocycles. The molecule has 0 aliphatic rings. The Morgan fingerprint density at radius 2 is 1.95 bits per heavy atom. The van der Waals surface area contributed by atoms with Crippen LogP contribution in [0.2, 0.25) is 10.3 Å². The van der Waals surface area contributed by atoms with E-state index in [2.05, 4.69) is 9.97 Å². The quantitative estimate of drug-likeness (QED) is 0.658. The summed E-state index contributed by atoms with van der Waals surface area (Å²) in [7, 11) is 1.97. The van der Waals surface area contributed by atoms with Gasteiger partial charge in [0.05, 0.1) is 5.39 Å². The lowest BCUT2D eigenvalue weighted by molar-refractivity contribution is 0.901. The van der Waals surface area contributed by atoms with E-state index in [-0.39, 0.29) is 5.28 Å². The molecule has 6 heteroatoms. The van der Waals surface area contributed by atoms with E-state index < -0.39 is 0 Å². The number of thiophene rings is 1. The first-order valence-electron chi connectivity index (χ1n) is 6.00. The highest BCUT2D eigenvalue weighted by Crippen LogP contribution is 2.29. The van der Waals surface area contributed by atoms with E-state index in [0.29, 0.717) is 6.54 Å². The van der Waals surface area contributed by atoms with Gasteiger partial charge in [0.15, 0.2) is 0 Å². The van der Waals surface area contributed by atoms with Crippen LogP contribution in [0, 0.1) is 0 Å². The first kappa shape index (κ1) is 13.6. The minimum absolute atomic E-state index is 0.265. The van der Waals surface area contributed by atoms with Crippen LogP contribution in [0.5, 0.6) is 0 Å². The predicted molar refractivity (Wildman–Crippen MR) is 86.0 cm³/mol. The van der Waals surface area contributed by atoms with Crippen molar-refractivity contribution in [3.05, 3.63) is 51.6 Å². The summed E-state index contributed by atoms with van der Waals surface area (Å²) < 4.78 is 0. The van der Waals surface area contributed by atoms with Gasteiger partial charge in [-0.25, -0.2) is 4.98 Å². The van der Waals surface area contributed by atoms with Crippen molar-refractivity contribution in [3.63, 3.8) is 0 Å². The second kappa shape index (κ2) is 5.56. The average molecular weight is 324 g/mol. The fourth-order valence-electron chi connectivity index (χ4n) is 2.06. The lowest BCUT2D eigenvalue weighted by atomic mass is 10.2. The van der Waals surface area contributed by atoms with E-state index in [1.165, 1.54) is 0 Å². The Bertz CT molecular complexity index is 757. The van der Waals surface area contributed by atoms with Crippen molar-refractivity contribution in [2.75, 3.05) is 11.9 Å². The van der Waals surface area contributed by atoms with Gasteiger partial charge in [-0.05, 0) is 34.7 Å². The number of benzene rings is 1. The fourth-order valence-corrected chi connectivity index (χ4v) is 3.23. The highest BCUT2D eigenvalue weighted by molar-refractivity contribution is 7.16. The normalized spacial score (nSPS) is 10.9. The predicted octanol–water partition coefficient (Wildman–Crippen LogP) is 4.63. The van der Waals surface area contributed by atoms with E-state index in [9.17, 15) is 0 Å². The van der Waals surface area contributed by atoms with Crippen molar-refractivity contribution in [3.8, 4) is 0 Å². The highest BCUT2D eigenvalue weighted by Gasteiger charge is 2.13. The largest absolute Gasteiger partial charge is 0.355 e. The Morgan fingerprint density at radius 3 is 2.75 bits per heavy atom. The van der Waals surface area contributed by atoms with Crippen molar-refractivity contribution in [1.82, 2.24) is 9.97 Å². The molecule has 0 saturated carbocycles. The van der Waals surface area contributed by atoms with Crippen molar-refractivity contribution in [2.45, 2.75) is 6.54 Å². The van der Waals surface area contributed by atoms with Gasteiger partial charge in [0, 0.05) is 18.6 Å². The first-order valence-corrected chi connectivity index (χ1v) is 7.64. The minimum Gasteiger partial charge on any atom is -0.355 e. The molecule has 3 aromatic rings. The van der Waals surface area contributed by atoms with Crippen molar-refractivity contribution >= 4 is 50.6 Å². The second-order valence-electron chi connectivity index (χ2n) is 4.40. The molecule has 0 aliphatic carbocycles. The van der Waals surface area contributed by atoms with Gasteiger partial charge in [-0.1, -0.05) is 29.8 Å². The summed E-state index contributed by atoms with van der Waals surface area (Å²) in [4.78, 5) is 11.5. The second-order valence-corrected chi connectivity index (χ2v) is 6.04. The van der Waals surface area contributed by atoms with Gasteiger partial charge in [-0.2, -0.15) is 4.98 Å². The minimum atomic E-state index is 0.265. The van der Waals surface area contributed by atoms with E-state index in [4.69, 9.17) is 23.2 Å². The van der Waals surface area contributed by atoms with Gasteiger partial charge >= 0.3 is 0 Å². The molecule has 0 saturated heterocycles. The van der Waals surface area contributed by atoms with Crippen LogP contribution < -0.4 is 4.90 Å². The molecule has 0 N–H and O–H groups in total. The molecule has 2 heterocycles. The molecule has 0 fully saturated rings. The monoisotopic (exact) mass is 323 g/mol. The topological polar surface area (TPSA) is 29.0 Å². The van der Waals surface area contributed by atoms with E-state index >= 15 is 0 Å². The average Bonchev–Trinajstić information content (AvgIpc) is 2.88. The maximum absolute atomic E-state index is 6.20. The summed E-state index contributed by atoms with van der Waals surface area (Å²) in [5.74, 6) is 0.821. The van der Waals surface area contributed by atoms with Crippen LogP contribution >= 0.6 is 34.5 Å². The van der Waals surface area contributed by atoms with E-state index in [1.54, 1.807) is 11.3 Å². The lowest BCUT2D eigenvalue weighted by Gasteiger charge is -2.19. The number of anilines is 1. The number of nitrogens with zero attached hydrogens (tertiary/aromatic N) is 3. The van der Waals surface area contributed by atoms with Crippen molar-refractivity contribution in [2.24, 2.45) is 0 Å². The third-order valence-corrected chi connectivity index (χ3v) is 4.35. The summed E-state index contributed by atoms with van der Waals surface area (Å²) in [5.41, 5.74) is 1.05. The van der Waals surface area contributed by atoms with Crippen LogP contribution in [0.3, 0.4) is 0 Å². The number of fused-ring (bicyclic) bond motifs is 1. The number of aromatic nitrogens is 2. The van der Waals surface area contributed by atoms with Crippen LogP contribution in [0.15, 0.2) is 35.7 Å². The number of rotatable bonds is 3. The number of hydrogen-bond acceptors (Lipinski definition) is 4. The maximum Gasteiger partial charge on any atom is 0.225 e. The molecule has 0 bridgehead atoms. The third kappa shape index (κ3) is 2.59. The Balaban J connectivity index is 1.98. The third-order valence-electron chi connectivity index (χ3n) is 3.00. The first-order chi connectivity index (χ1) is 9.65. The zero-order chi connectivity index (χ0) is 14.1.